The number of pyridine rings is 1. The molecule has 0 amide bonds. The van der Waals surface area contributed by atoms with Crippen molar-refractivity contribution >= 4 is 10.9 Å². The van der Waals surface area contributed by atoms with Crippen LogP contribution in [0.25, 0.3) is 10.9 Å². The molecule has 0 unspecified atom stereocenters. The quantitative estimate of drug-likeness (QED) is 0.530. The van der Waals surface area contributed by atoms with Gasteiger partial charge in [0.25, 0.3) is 0 Å². The summed E-state index contributed by atoms with van der Waals surface area (Å²) in [5, 5.41) is 1.30. The van der Waals surface area contributed by atoms with Gasteiger partial charge in [-0.2, -0.15) is 0 Å². The Labute approximate surface area is 123 Å². The summed E-state index contributed by atoms with van der Waals surface area (Å²) in [6, 6.07) is 10.5. The fourth-order valence-electron chi connectivity index (χ4n) is 2.76. The Bertz CT molecular complexity index is 499. The predicted molar refractivity (Wildman–Crippen MR) is 86.9 cm³/mol. The molecular formula is C19H26N. The Kier molecular flexibility index (Phi) is 6.56. The standard InChI is InChI=1S/C19H26N/c1-2-3-4-5-6-7-8-9-12-17-15-16-20-19-14-11-10-13-18(17)19/h10-11,13-15H,2-9,12H2,1H3. The van der Waals surface area contributed by atoms with E-state index < -0.39 is 0 Å². The number of benzene rings is 1. The van der Waals surface area contributed by atoms with Gasteiger partial charge in [-0.3, -0.25) is 0 Å². The van der Waals surface area contributed by atoms with Gasteiger partial charge in [-0.05, 0) is 30.5 Å². The van der Waals surface area contributed by atoms with Crippen molar-refractivity contribution in [3.63, 3.8) is 0 Å². The van der Waals surface area contributed by atoms with E-state index in [0.717, 1.165) is 11.9 Å². The molecule has 1 nitrogen and oxygen atoms in total. The Hall–Kier alpha value is -1.37. The zero-order valence-electron chi connectivity index (χ0n) is 12.7. The lowest BCUT2D eigenvalue weighted by Crippen LogP contribution is -1.90. The summed E-state index contributed by atoms with van der Waals surface area (Å²) in [6.07, 6.45) is 15.2. The Morgan fingerprint density at radius 1 is 0.900 bits per heavy atom. The minimum atomic E-state index is 1.07. The first-order chi connectivity index (χ1) is 9.92. The maximum atomic E-state index is 4.30. The Morgan fingerprint density at radius 2 is 1.60 bits per heavy atom. The van der Waals surface area contributed by atoms with Crippen molar-refractivity contribution in [3.05, 3.63) is 42.1 Å². The monoisotopic (exact) mass is 268 g/mol. The third-order valence-corrected chi connectivity index (χ3v) is 3.97. The second-order valence-electron chi connectivity index (χ2n) is 5.65. The highest BCUT2D eigenvalue weighted by Crippen LogP contribution is 2.18. The normalized spacial score (nSPS) is 11.1. The number of nitrogens with zero attached hydrogens (tertiary/aromatic N) is 1. The second kappa shape index (κ2) is 8.73. The van der Waals surface area contributed by atoms with Crippen LogP contribution in [0.5, 0.6) is 0 Å². The van der Waals surface area contributed by atoms with Crippen molar-refractivity contribution < 1.29 is 0 Å². The number of unbranched alkanes of at least 4 members (excludes halogenated alkanes) is 7. The highest BCUT2D eigenvalue weighted by Gasteiger charge is 2.01. The lowest BCUT2D eigenvalue weighted by Gasteiger charge is -2.05. The van der Waals surface area contributed by atoms with Gasteiger partial charge in [0, 0.05) is 5.39 Å². The number of hydrogen-bond acceptors (Lipinski definition) is 1. The van der Waals surface area contributed by atoms with Crippen LogP contribution in [-0.4, -0.2) is 4.98 Å². The minimum absolute atomic E-state index is 1.07. The molecule has 2 aromatic rings. The van der Waals surface area contributed by atoms with E-state index in [1.165, 1.54) is 62.3 Å². The van der Waals surface area contributed by atoms with Crippen LogP contribution in [0, 0.1) is 6.20 Å². The molecule has 1 heteroatoms. The van der Waals surface area contributed by atoms with E-state index in [9.17, 15) is 0 Å². The van der Waals surface area contributed by atoms with Crippen LogP contribution < -0.4 is 0 Å². The van der Waals surface area contributed by atoms with Crippen LogP contribution >= 0.6 is 0 Å². The second-order valence-corrected chi connectivity index (χ2v) is 5.65. The van der Waals surface area contributed by atoms with Crippen molar-refractivity contribution in [3.8, 4) is 0 Å². The van der Waals surface area contributed by atoms with E-state index in [0.29, 0.717) is 0 Å². The number of hydrogen-bond donors (Lipinski definition) is 0. The number of fused-ring (bicyclic) bond motifs is 1. The lowest BCUT2D eigenvalue weighted by molar-refractivity contribution is 0.576. The number of aryl methyl sites for hydroxylation is 1. The van der Waals surface area contributed by atoms with Gasteiger partial charge in [0.05, 0.1) is 11.7 Å². The number of para-hydroxylation sites is 1. The van der Waals surface area contributed by atoms with E-state index in [-0.39, 0.29) is 0 Å². The highest BCUT2D eigenvalue weighted by molar-refractivity contribution is 5.81. The van der Waals surface area contributed by atoms with Crippen LogP contribution in [0.2, 0.25) is 0 Å². The zero-order valence-corrected chi connectivity index (χ0v) is 12.7. The van der Waals surface area contributed by atoms with E-state index in [2.05, 4.69) is 42.4 Å². The Morgan fingerprint density at radius 3 is 2.40 bits per heavy atom. The van der Waals surface area contributed by atoms with E-state index >= 15 is 0 Å². The first kappa shape index (κ1) is 15.0. The summed E-state index contributed by atoms with van der Waals surface area (Å²) in [5.74, 6) is 0. The summed E-state index contributed by atoms with van der Waals surface area (Å²) < 4.78 is 0. The van der Waals surface area contributed by atoms with Crippen molar-refractivity contribution in [1.82, 2.24) is 4.98 Å². The molecule has 0 aliphatic carbocycles. The first-order valence-electron chi connectivity index (χ1n) is 8.16. The van der Waals surface area contributed by atoms with Crippen LogP contribution in [0.15, 0.2) is 30.3 Å². The van der Waals surface area contributed by atoms with Crippen LogP contribution in [-0.2, 0) is 6.42 Å². The molecule has 1 radical (unpaired) electrons. The lowest BCUT2D eigenvalue weighted by atomic mass is 10.0. The molecule has 0 aliphatic heterocycles. The summed E-state index contributed by atoms with van der Waals surface area (Å²) in [5.41, 5.74) is 2.48. The van der Waals surface area contributed by atoms with Gasteiger partial charge in [-0.1, -0.05) is 70.1 Å². The third-order valence-electron chi connectivity index (χ3n) is 3.97. The molecule has 0 saturated heterocycles. The predicted octanol–water partition coefficient (Wildman–Crippen LogP) is 5.72. The van der Waals surface area contributed by atoms with Crippen molar-refractivity contribution in [2.75, 3.05) is 0 Å². The van der Waals surface area contributed by atoms with Crippen LogP contribution in [0.3, 0.4) is 0 Å². The van der Waals surface area contributed by atoms with Gasteiger partial charge in [-0.25, -0.2) is 4.98 Å². The van der Waals surface area contributed by atoms with E-state index in [1.807, 2.05) is 6.07 Å². The van der Waals surface area contributed by atoms with Gasteiger partial charge in [0.1, 0.15) is 0 Å². The highest BCUT2D eigenvalue weighted by atomic mass is 14.6. The number of aromatic nitrogens is 1. The average Bonchev–Trinajstić information content (AvgIpc) is 2.50. The molecule has 0 bridgehead atoms. The average molecular weight is 268 g/mol. The molecule has 2 rings (SSSR count). The van der Waals surface area contributed by atoms with Gasteiger partial charge < -0.3 is 0 Å². The molecule has 1 aromatic heterocycles. The molecule has 0 N–H and O–H groups in total. The molecule has 0 spiro atoms. The van der Waals surface area contributed by atoms with Crippen molar-refractivity contribution in [1.29, 1.82) is 0 Å². The van der Waals surface area contributed by atoms with Gasteiger partial charge >= 0.3 is 0 Å². The van der Waals surface area contributed by atoms with E-state index in [4.69, 9.17) is 0 Å². The molecule has 0 saturated carbocycles. The third kappa shape index (κ3) is 4.63. The largest absolute Gasteiger partial charge is 0.246 e. The smallest absolute Gasteiger partial charge is 0.0897 e. The van der Waals surface area contributed by atoms with Crippen molar-refractivity contribution in [2.24, 2.45) is 0 Å². The molecule has 1 heterocycles. The molecule has 0 fully saturated rings. The zero-order chi connectivity index (χ0) is 14.0. The summed E-state index contributed by atoms with van der Waals surface area (Å²) in [4.78, 5) is 4.30. The topological polar surface area (TPSA) is 12.9 Å². The van der Waals surface area contributed by atoms with E-state index in [1.54, 1.807) is 0 Å². The molecule has 0 atom stereocenters. The molecule has 1 aromatic carbocycles. The summed E-state index contributed by atoms with van der Waals surface area (Å²) in [6.45, 7) is 2.27. The number of rotatable bonds is 9. The molecular weight excluding hydrogens is 242 g/mol. The van der Waals surface area contributed by atoms with Gasteiger partial charge in [0.15, 0.2) is 0 Å². The maximum Gasteiger partial charge on any atom is 0.0897 e. The molecule has 107 valence electrons. The first-order valence-corrected chi connectivity index (χ1v) is 8.16. The fraction of sp³-hybridized carbons (Fsp3) is 0.526. The molecule has 0 aliphatic rings. The fourth-order valence-corrected chi connectivity index (χ4v) is 2.76. The SMILES string of the molecule is CCCCCCCCCCc1c[c]nc2ccccc12. The van der Waals surface area contributed by atoms with Crippen LogP contribution in [0.1, 0.15) is 63.9 Å². The summed E-state index contributed by atoms with van der Waals surface area (Å²) in [7, 11) is 0. The minimum Gasteiger partial charge on any atom is -0.246 e. The molecule has 20 heavy (non-hydrogen) atoms. The maximum absolute atomic E-state index is 4.30. The Balaban J connectivity index is 1.71. The van der Waals surface area contributed by atoms with Crippen molar-refractivity contribution in [2.45, 2.75) is 64.7 Å². The van der Waals surface area contributed by atoms with Crippen LogP contribution in [0.4, 0.5) is 0 Å². The summed E-state index contributed by atoms with van der Waals surface area (Å²) >= 11 is 0. The van der Waals surface area contributed by atoms with Gasteiger partial charge in [0.2, 0.25) is 0 Å². The van der Waals surface area contributed by atoms with Gasteiger partial charge in [-0.15, -0.1) is 0 Å².